The molecule has 1 aromatic carbocycles. The van der Waals surface area contributed by atoms with Gasteiger partial charge in [0.2, 0.25) is 0 Å². The number of anilines is 2. The lowest BCUT2D eigenvalue weighted by Gasteiger charge is -2.31. The number of alkyl halides is 3. The van der Waals surface area contributed by atoms with Crippen molar-refractivity contribution in [3.05, 3.63) is 59.2 Å². The number of fused-ring (bicyclic) bond motifs is 1. The van der Waals surface area contributed by atoms with E-state index in [0.29, 0.717) is 42.0 Å². The summed E-state index contributed by atoms with van der Waals surface area (Å²) in [7, 11) is 0. The largest absolute Gasteiger partial charge is 0.416 e. The van der Waals surface area contributed by atoms with Gasteiger partial charge in [-0.25, -0.2) is 14.4 Å². The molecule has 2 aliphatic rings. The first-order valence-corrected chi connectivity index (χ1v) is 11.1. The number of hydrogen-bond acceptors (Lipinski definition) is 7. The van der Waals surface area contributed by atoms with E-state index in [1.54, 1.807) is 11.0 Å². The Labute approximate surface area is 193 Å². The van der Waals surface area contributed by atoms with Crippen LogP contribution in [-0.2, 0) is 12.7 Å². The standard InChI is InChI=1S/C23H23F4N7/c24-18-2-1-17(23(25,26)27)9-15(18)13-34-8-7-29-22-20(34)10-19(32-33-22)21-30-11-16(12-31-21)14-3-5-28-6-4-14/h1-2,9-12,14,28H,3-8,13H2,(H,29,33). The Kier molecular flexibility index (Phi) is 6.03. The molecule has 1 saturated heterocycles. The normalized spacial score (nSPS) is 16.8. The van der Waals surface area contributed by atoms with Gasteiger partial charge < -0.3 is 15.5 Å². The van der Waals surface area contributed by atoms with E-state index in [2.05, 4.69) is 30.8 Å². The summed E-state index contributed by atoms with van der Waals surface area (Å²) < 4.78 is 53.7. The first kappa shape index (κ1) is 22.5. The maximum Gasteiger partial charge on any atom is 0.416 e. The highest BCUT2D eigenvalue weighted by atomic mass is 19.4. The zero-order valence-corrected chi connectivity index (χ0v) is 18.2. The fraction of sp³-hybridized carbons (Fsp3) is 0.391. The topological polar surface area (TPSA) is 78.9 Å². The molecule has 0 saturated carbocycles. The first-order valence-electron chi connectivity index (χ1n) is 11.1. The molecular formula is C23H23F4N7. The lowest BCUT2D eigenvalue weighted by Crippen LogP contribution is -2.34. The molecule has 0 bridgehead atoms. The molecule has 0 amide bonds. The van der Waals surface area contributed by atoms with Gasteiger partial charge in [-0.3, -0.25) is 0 Å². The van der Waals surface area contributed by atoms with Crippen LogP contribution < -0.4 is 15.5 Å². The first-order chi connectivity index (χ1) is 16.4. The van der Waals surface area contributed by atoms with Crippen molar-refractivity contribution in [2.24, 2.45) is 0 Å². The third-order valence-electron chi connectivity index (χ3n) is 6.23. The van der Waals surface area contributed by atoms with E-state index in [4.69, 9.17) is 0 Å². The molecule has 7 nitrogen and oxygen atoms in total. The van der Waals surface area contributed by atoms with Crippen molar-refractivity contribution in [1.82, 2.24) is 25.5 Å². The summed E-state index contributed by atoms with van der Waals surface area (Å²) in [5.74, 6) is 0.622. The molecule has 1 fully saturated rings. The molecule has 3 aromatic rings. The third-order valence-corrected chi connectivity index (χ3v) is 6.23. The van der Waals surface area contributed by atoms with Gasteiger partial charge >= 0.3 is 6.18 Å². The molecular weight excluding hydrogens is 450 g/mol. The summed E-state index contributed by atoms with van der Waals surface area (Å²) in [5, 5.41) is 14.9. The van der Waals surface area contributed by atoms with E-state index in [9.17, 15) is 17.6 Å². The summed E-state index contributed by atoms with van der Waals surface area (Å²) in [5.41, 5.74) is 1.21. The van der Waals surface area contributed by atoms with Gasteiger partial charge in [0.1, 0.15) is 11.5 Å². The molecule has 11 heteroatoms. The van der Waals surface area contributed by atoms with Gasteiger partial charge in [0.05, 0.1) is 11.3 Å². The predicted molar refractivity (Wildman–Crippen MR) is 119 cm³/mol. The van der Waals surface area contributed by atoms with E-state index >= 15 is 0 Å². The number of halogens is 4. The summed E-state index contributed by atoms with van der Waals surface area (Å²) in [4.78, 5) is 10.7. The highest BCUT2D eigenvalue weighted by molar-refractivity contribution is 5.72. The number of benzene rings is 1. The molecule has 2 aromatic heterocycles. The Hall–Kier alpha value is -3.34. The maximum atomic E-state index is 14.4. The molecule has 178 valence electrons. The number of nitrogens with one attached hydrogen (secondary N) is 2. The predicted octanol–water partition coefficient (Wildman–Crippen LogP) is 3.99. The van der Waals surface area contributed by atoms with Crippen LogP contribution in [0.4, 0.5) is 29.1 Å². The number of rotatable bonds is 4. The van der Waals surface area contributed by atoms with Gasteiger partial charge in [-0.05, 0) is 61.7 Å². The minimum Gasteiger partial charge on any atom is -0.365 e. The van der Waals surface area contributed by atoms with E-state index in [-0.39, 0.29) is 12.1 Å². The molecule has 0 unspecified atom stereocenters. The van der Waals surface area contributed by atoms with E-state index in [1.807, 2.05) is 12.4 Å². The van der Waals surface area contributed by atoms with Crippen LogP contribution in [0, 0.1) is 5.82 Å². The van der Waals surface area contributed by atoms with Crippen LogP contribution in [0.25, 0.3) is 11.5 Å². The second-order valence-corrected chi connectivity index (χ2v) is 8.48. The Morgan fingerprint density at radius 1 is 1.00 bits per heavy atom. The zero-order valence-electron chi connectivity index (χ0n) is 18.2. The van der Waals surface area contributed by atoms with Crippen molar-refractivity contribution in [2.45, 2.75) is 31.5 Å². The lowest BCUT2D eigenvalue weighted by molar-refractivity contribution is -0.137. The Bertz CT molecular complexity index is 1160. The summed E-state index contributed by atoms with van der Waals surface area (Å²) in [6.07, 6.45) is 1.16. The second-order valence-electron chi connectivity index (χ2n) is 8.48. The van der Waals surface area contributed by atoms with Crippen LogP contribution in [0.3, 0.4) is 0 Å². The maximum absolute atomic E-state index is 14.4. The van der Waals surface area contributed by atoms with Crippen molar-refractivity contribution < 1.29 is 17.6 Å². The molecule has 2 aliphatic heterocycles. The number of hydrogen-bond donors (Lipinski definition) is 2. The van der Waals surface area contributed by atoms with Gasteiger partial charge in [-0.15, -0.1) is 10.2 Å². The van der Waals surface area contributed by atoms with Crippen molar-refractivity contribution in [1.29, 1.82) is 0 Å². The van der Waals surface area contributed by atoms with E-state index in [1.165, 1.54) is 0 Å². The molecule has 0 radical (unpaired) electrons. The smallest absolute Gasteiger partial charge is 0.365 e. The Balaban J connectivity index is 1.41. The summed E-state index contributed by atoms with van der Waals surface area (Å²) in [6.45, 7) is 2.87. The second kappa shape index (κ2) is 9.13. The van der Waals surface area contributed by atoms with Gasteiger partial charge in [0.15, 0.2) is 11.6 Å². The van der Waals surface area contributed by atoms with Crippen LogP contribution in [0.2, 0.25) is 0 Å². The monoisotopic (exact) mass is 473 g/mol. The highest BCUT2D eigenvalue weighted by Gasteiger charge is 2.31. The number of nitrogens with zero attached hydrogens (tertiary/aromatic N) is 5. The van der Waals surface area contributed by atoms with Crippen LogP contribution in [0.5, 0.6) is 0 Å². The summed E-state index contributed by atoms with van der Waals surface area (Å²) in [6, 6.07) is 4.20. The van der Waals surface area contributed by atoms with Crippen molar-refractivity contribution in [2.75, 3.05) is 36.4 Å². The fourth-order valence-corrected chi connectivity index (χ4v) is 4.37. The van der Waals surface area contributed by atoms with Gasteiger partial charge in [-0.1, -0.05) is 0 Å². The third kappa shape index (κ3) is 4.65. The SMILES string of the molecule is Fc1ccc(C(F)(F)F)cc1CN1CCNc2nnc(-c3ncc(C4CCNCC4)cn3)cc21. The van der Waals surface area contributed by atoms with Crippen LogP contribution in [0.1, 0.15) is 35.4 Å². The average molecular weight is 473 g/mol. The van der Waals surface area contributed by atoms with E-state index < -0.39 is 17.6 Å². The number of aromatic nitrogens is 4. The van der Waals surface area contributed by atoms with Crippen LogP contribution in [-0.4, -0.2) is 46.3 Å². The van der Waals surface area contributed by atoms with Crippen LogP contribution >= 0.6 is 0 Å². The zero-order chi connectivity index (χ0) is 23.7. The van der Waals surface area contributed by atoms with Gasteiger partial charge in [-0.2, -0.15) is 13.2 Å². The molecule has 34 heavy (non-hydrogen) atoms. The highest BCUT2D eigenvalue weighted by Crippen LogP contribution is 2.34. The lowest BCUT2D eigenvalue weighted by atomic mass is 9.92. The molecule has 0 aliphatic carbocycles. The van der Waals surface area contributed by atoms with Crippen molar-refractivity contribution in [3.8, 4) is 11.5 Å². The molecule has 0 atom stereocenters. The Morgan fingerprint density at radius 2 is 1.76 bits per heavy atom. The molecule has 5 rings (SSSR count). The number of piperidine rings is 1. The van der Waals surface area contributed by atoms with Crippen LogP contribution in [0.15, 0.2) is 36.7 Å². The minimum absolute atomic E-state index is 0.0366. The minimum atomic E-state index is -4.54. The quantitative estimate of drug-likeness (QED) is 0.555. The van der Waals surface area contributed by atoms with Crippen molar-refractivity contribution >= 4 is 11.5 Å². The fourth-order valence-electron chi connectivity index (χ4n) is 4.37. The van der Waals surface area contributed by atoms with Gasteiger partial charge in [0.25, 0.3) is 0 Å². The van der Waals surface area contributed by atoms with Gasteiger partial charge in [0, 0.05) is 37.6 Å². The Morgan fingerprint density at radius 3 is 2.50 bits per heavy atom. The summed E-state index contributed by atoms with van der Waals surface area (Å²) >= 11 is 0. The molecule has 2 N–H and O–H groups in total. The average Bonchev–Trinajstić information content (AvgIpc) is 2.85. The molecule has 4 heterocycles. The molecule has 0 spiro atoms. The van der Waals surface area contributed by atoms with E-state index in [0.717, 1.165) is 49.7 Å². The van der Waals surface area contributed by atoms with Crippen molar-refractivity contribution in [3.63, 3.8) is 0 Å².